The van der Waals surface area contributed by atoms with Gasteiger partial charge in [-0.25, -0.2) is 4.98 Å². The average molecular weight is 252 g/mol. The van der Waals surface area contributed by atoms with E-state index in [9.17, 15) is 4.79 Å². The topological polar surface area (TPSA) is 81.3 Å². The second kappa shape index (κ2) is 5.15. The molecule has 2 N–H and O–H groups in total. The predicted octanol–water partition coefficient (Wildman–Crippen LogP) is -0.396. The molecular formula is C10H12N4O2S. The number of hydrogen-bond acceptors (Lipinski definition) is 5. The molecule has 1 fully saturated rings. The Balaban J connectivity index is 2.07. The van der Waals surface area contributed by atoms with Crippen molar-refractivity contribution in [1.82, 2.24) is 14.9 Å². The van der Waals surface area contributed by atoms with Gasteiger partial charge in [0, 0.05) is 18.9 Å². The quantitative estimate of drug-likeness (QED) is 0.722. The van der Waals surface area contributed by atoms with E-state index in [-0.39, 0.29) is 17.0 Å². The summed E-state index contributed by atoms with van der Waals surface area (Å²) in [6, 6.07) is 0. The van der Waals surface area contributed by atoms with E-state index in [2.05, 4.69) is 9.97 Å². The van der Waals surface area contributed by atoms with Crippen molar-refractivity contribution in [2.75, 3.05) is 19.7 Å². The molecular weight excluding hydrogens is 240 g/mol. The number of morpholine rings is 1. The van der Waals surface area contributed by atoms with Crippen LogP contribution >= 0.6 is 12.2 Å². The molecule has 1 atom stereocenters. The largest absolute Gasteiger partial charge is 0.391 e. The molecule has 1 unspecified atom stereocenters. The number of ether oxygens (including phenoxy) is 1. The fraction of sp³-hybridized carbons (Fsp3) is 0.400. The highest BCUT2D eigenvalue weighted by molar-refractivity contribution is 7.80. The third-order valence-electron chi connectivity index (χ3n) is 2.45. The molecule has 1 amide bonds. The minimum Gasteiger partial charge on any atom is -0.391 e. The van der Waals surface area contributed by atoms with Gasteiger partial charge in [-0.2, -0.15) is 0 Å². The van der Waals surface area contributed by atoms with Crippen LogP contribution in [-0.4, -0.2) is 51.6 Å². The average Bonchev–Trinajstić information content (AvgIpc) is 2.39. The number of carbonyl (C=O) groups is 1. The third kappa shape index (κ3) is 2.75. The minimum atomic E-state index is -0.376. The monoisotopic (exact) mass is 252 g/mol. The second-order valence-corrected chi connectivity index (χ2v) is 4.08. The first-order valence-electron chi connectivity index (χ1n) is 5.14. The number of hydrogen-bond donors (Lipinski definition) is 1. The van der Waals surface area contributed by atoms with Crippen LogP contribution in [0.5, 0.6) is 0 Å². The lowest BCUT2D eigenvalue weighted by atomic mass is 10.2. The van der Waals surface area contributed by atoms with E-state index in [1.54, 1.807) is 4.90 Å². The van der Waals surface area contributed by atoms with Crippen molar-refractivity contribution in [3.8, 4) is 0 Å². The molecule has 2 rings (SSSR count). The summed E-state index contributed by atoms with van der Waals surface area (Å²) in [4.78, 5) is 21.8. The van der Waals surface area contributed by atoms with Crippen molar-refractivity contribution in [1.29, 1.82) is 0 Å². The molecule has 17 heavy (non-hydrogen) atoms. The fourth-order valence-corrected chi connectivity index (χ4v) is 1.72. The van der Waals surface area contributed by atoms with E-state index < -0.39 is 0 Å². The number of amides is 1. The number of carbonyl (C=O) groups excluding carboxylic acids is 1. The van der Waals surface area contributed by atoms with Crippen molar-refractivity contribution in [3.05, 3.63) is 24.3 Å². The molecule has 7 heteroatoms. The summed E-state index contributed by atoms with van der Waals surface area (Å²) in [7, 11) is 0. The minimum absolute atomic E-state index is 0.178. The molecule has 0 saturated carbocycles. The molecule has 0 bridgehead atoms. The van der Waals surface area contributed by atoms with Gasteiger partial charge in [0.15, 0.2) is 0 Å². The van der Waals surface area contributed by atoms with Gasteiger partial charge in [-0.05, 0) is 0 Å². The van der Waals surface area contributed by atoms with Gasteiger partial charge in [0.2, 0.25) is 0 Å². The molecule has 0 aliphatic carbocycles. The zero-order chi connectivity index (χ0) is 12.3. The van der Waals surface area contributed by atoms with Crippen LogP contribution in [0.3, 0.4) is 0 Å². The number of nitrogens with zero attached hydrogens (tertiary/aromatic N) is 3. The maximum Gasteiger partial charge on any atom is 0.274 e. The first-order valence-corrected chi connectivity index (χ1v) is 5.55. The molecule has 1 aromatic heterocycles. The Morgan fingerprint density at radius 2 is 2.41 bits per heavy atom. The fourth-order valence-electron chi connectivity index (χ4n) is 1.58. The number of thiocarbonyl (C=S) groups is 1. The normalized spacial score (nSPS) is 20.0. The van der Waals surface area contributed by atoms with Gasteiger partial charge >= 0.3 is 0 Å². The number of aromatic nitrogens is 2. The van der Waals surface area contributed by atoms with Crippen molar-refractivity contribution in [2.24, 2.45) is 5.73 Å². The molecule has 6 nitrogen and oxygen atoms in total. The third-order valence-corrected chi connectivity index (χ3v) is 2.72. The van der Waals surface area contributed by atoms with E-state index in [4.69, 9.17) is 22.7 Å². The second-order valence-electron chi connectivity index (χ2n) is 3.60. The molecule has 1 aromatic rings. The SMILES string of the molecule is NC(=S)C1CN(C(=O)c2cnccn2)CCO1. The lowest BCUT2D eigenvalue weighted by Crippen LogP contribution is -2.50. The maximum atomic E-state index is 12.1. The Morgan fingerprint density at radius 1 is 1.59 bits per heavy atom. The van der Waals surface area contributed by atoms with Gasteiger partial charge in [-0.1, -0.05) is 12.2 Å². The van der Waals surface area contributed by atoms with Crippen LogP contribution < -0.4 is 5.73 Å². The summed E-state index contributed by atoms with van der Waals surface area (Å²) in [6.45, 7) is 1.30. The standard InChI is InChI=1S/C10H12N4O2S/c11-9(17)8-6-14(3-4-16-8)10(15)7-5-12-1-2-13-7/h1-2,5,8H,3-4,6H2,(H2,11,17). The van der Waals surface area contributed by atoms with Crippen LogP contribution in [0.1, 0.15) is 10.5 Å². The van der Waals surface area contributed by atoms with Crippen LogP contribution in [0, 0.1) is 0 Å². The molecule has 2 heterocycles. The Bertz CT molecular complexity index is 426. The van der Waals surface area contributed by atoms with Crippen LogP contribution in [0.2, 0.25) is 0 Å². The van der Waals surface area contributed by atoms with Crippen molar-refractivity contribution >= 4 is 23.1 Å². The Kier molecular flexibility index (Phi) is 3.60. The highest BCUT2D eigenvalue weighted by Gasteiger charge is 2.27. The smallest absolute Gasteiger partial charge is 0.274 e. The zero-order valence-electron chi connectivity index (χ0n) is 9.07. The van der Waals surface area contributed by atoms with Gasteiger partial charge < -0.3 is 15.4 Å². The van der Waals surface area contributed by atoms with E-state index in [0.717, 1.165) is 0 Å². The van der Waals surface area contributed by atoms with Gasteiger partial charge in [-0.3, -0.25) is 9.78 Å². The highest BCUT2D eigenvalue weighted by Crippen LogP contribution is 2.08. The lowest BCUT2D eigenvalue weighted by Gasteiger charge is -2.32. The predicted molar refractivity (Wildman–Crippen MR) is 64.5 cm³/mol. The van der Waals surface area contributed by atoms with E-state index in [1.165, 1.54) is 18.6 Å². The van der Waals surface area contributed by atoms with Crippen molar-refractivity contribution in [3.63, 3.8) is 0 Å². The summed E-state index contributed by atoms with van der Waals surface area (Å²) in [6.07, 6.45) is 4.07. The first kappa shape index (κ1) is 11.9. The maximum absolute atomic E-state index is 12.1. The molecule has 90 valence electrons. The van der Waals surface area contributed by atoms with Crippen LogP contribution in [0.4, 0.5) is 0 Å². The molecule has 0 aromatic carbocycles. The summed E-state index contributed by atoms with van der Waals surface area (Å²) in [5.74, 6) is -0.178. The first-order chi connectivity index (χ1) is 8.18. The molecule has 1 aliphatic heterocycles. The van der Waals surface area contributed by atoms with Gasteiger partial charge in [-0.15, -0.1) is 0 Å². The number of nitrogens with two attached hydrogens (primary N) is 1. The Labute approximate surface area is 104 Å². The molecule has 0 spiro atoms. The zero-order valence-corrected chi connectivity index (χ0v) is 9.89. The van der Waals surface area contributed by atoms with Gasteiger partial charge in [0.05, 0.1) is 19.3 Å². The summed E-state index contributed by atoms with van der Waals surface area (Å²) < 4.78 is 5.36. The summed E-state index contributed by atoms with van der Waals surface area (Å²) in [5, 5.41) is 0. The molecule has 1 aliphatic rings. The Morgan fingerprint density at radius 3 is 3.06 bits per heavy atom. The van der Waals surface area contributed by atoms with Gasteiger partial charge in [0.25, 0.3) is 5.91 Å². The van der Waals surface area contributed by atoms with Crippen LogP contribution in [0.25, 0.3) is 0 Å². The van der Waals surface area contributed by atoms with Crippen molar-refractivity contribution < 1.29 is 9.53 Å². The van der Waals surface area contributed by atoms with Crippen LogP contribution in [-0.2, 0) is 4.74 Å². The molecule has 1 saturated heterocycles. The van der Waals surface area contributed by atoms with E-state index in [0.29, 0.717) is 25.4 Å². The summed E-state index contributed by atoms with van der Waals surface area (Å²) >= 11 is 4.86. The Hall–Kier alpha value is -1.60. The van der Waals surface area contributed by atoms with Crippen molar-refractivity contribution in [2.45, 2.75) is 6.10 Å². The molecule has 0 radical (unpaired) electrons. The van der Waals surface area contributed by atoms with Gasteiger partial charge in [0.1, 0.15) is 16.8 Å². The lowest BCUT2D eigenvalue weighted by molar-refractivity contribution is 0.00847. The van der Waals surface area contributed by atoms with E-state index in [1.807, 2.05) is 0 Å². The van der Waals surface area contributed by atoms with E-state index >= 15 is 0 Å². The van der Waals surface area contributed by atoms with Crippen LogP contribution in [0.15, 0.2) is 18.6 Å². The number of rotatable bonds is 2. The summed E-state index contributed by atoms with van der Waals surface area (Å²) in [5.41, 5.74) is 5.82. The highest BCUT2D eigenvalue weighted by atomic mass is 32.1.